The van der Waals surface area contributed by atoms with Crippen LogP contribution in [0, 0.1) is 0 Å². The van der Waals surface area contributed by atoms with Crippen molar-refractivity contribution >= 4 is 22.7 Å². The molecule has 0 saturated carbocycles. The van der Waals surface area contributed by atoms with Crippen LogP contribution in [-0.2, 0) is 0 Å². The van der Waals surface area contributed by atoms with Crippen LogP contribution in [0.25, 0.3) is 22.5 Å². The van der Waals surface area contributed by atoms with E-state index in [1.54, 1.807) is 12.4 Å². The zero-order valence-electron chi connectivity index (χ0n) is 13.9. The molecule has 2 heterocycles. The Kier molecular flexibility index (Phi) is 4.80. The van der Waals surface area contributed by atoms with Gasteiger partial charge in [-0.05, 0) is 17.7 Å². The van der Waals surface area contributed by atoms with E-state index in [-0.39, 0.29) is 0 Å². The van der Waals surface area contributed by atoms with Gasteiger partial charge in [-0.15, -0.1) is 11.3 Å². The largest absolute Gasteiger partial charge is 0.256 e. The van der Waals surface area contributed by atoms with E-state index < -0.39 is 0 Å². The summed E-state index contributed by atoms with van der Waals surface area (Å²) in [6.45, 7) is 0. The van der Waals surface area contributed by atoms with Gasteiger partial charge in [-0.25, -0.2) is 4.98 Å². The van der Waals surface area contributed by atoms with E-state index in [0.29, 0.717) is 0 Å². The first-order chi connectivity index (χ1) is 12.9. The molecule has 0 unspecified atom stereocenters. The molecule has 0 bridgehead atoms. The molecule has 1 N–H and O–H groups in total. The Balaban J connectivity index is 1.40. The number of anilines is 1. The molecular formula is C21H16N4S. The summed E-state index contributed by atoms with van der Waals surface area (Å²) in [5.74, 6) is 0. The third-order valence-corrected chi connectivity index (χ3v) is 4.57. The lowest BCUT2D eigenvalue weighted by atomic mass is 10.1. The molecule has 0 amide bonds. The lowest BCUT2D eigenvalue weighted by molar-refractivity contribution is 1.29. The molecule has 4 rings (SSSR count). The monoisotopic (exact) mass is 356 g/mol. The standard InChI is InChI=1S/C21H16N4S/c1-2-6-17(7-3-1)20-15-26-21(24-20)25-23-14-16-9-11-18(12-10-16)19-8-4-5-13-22-19/h1-15H,(H,24,25). The minimum atomic E-state index is 0.769. The maximum Gasteiger partial charge on any atom is 0.203 e. The van der Waals surface area contributed by atoms with Gasteiger partial charge in [-0.1, -0.05) is 60.7 Å². The van der Waals surface area contributed by atoms with Crippen molar-refractivity contribution in [3.8, 4) is 22.5 Å². The fraction of sp³-hybridized carbons (Fsp3) is 0. The number of hydrogen-bond donors (Lipinski definition) is 1. The molecule has 26 heavy (non-hydrogen) atoms. The highest BCUT2D eigenvalue weighted by molar-refractivity contribution is 7.14. The maximum atomic E-state index is 4.55. The summed E-state index contributed by atoms with van der Waals surface area (Å²) in [4.78, 5) is 8.91. The second-order valence-corrected chi connectivity index (χ2v) is 6.47. The Morgan fingerprint density at radius 2 is 1.58 bits per heavy atom. The van der Waals surface area contributed by atoms with Gasteiger partial charge in [-0.3, -0.25) is 10.4 Å². The molecule has 4 nitrogen and oxygen atoms in total. The normalized spacial score (nSPS) is 10.9. The predicted molar refractivity (Wildman–Crippen MR) is 108 cm³/mol. The molecular weight excluding hydrogens is 340 g/mol. The maximum absolute atomic E-state index is 4.55. The van der Waals surface area contributed by atoms with E-state index in [1.807, 2.05) is 78.2 Å². The van der Waals surface area contributed by atoms with Crippen LogP contribution in [0.2, 0.25) is 0 Å². The minimum absolute atomic E-state index is 0.769. The van der Waals surface area contributed by atoms with Crippen LogP contribution in [-0.4, -0.2) is 16.2 Å². The van der Waals surface area contributed by atoms with Crippen LogP contribution < -0.4 is 5.43 Å². The van der Waals surface area contributed by atoms with Gasteiger partial charge < -0.3 is 0 Å². The van der Waals surface area contributed by atoms with Crippen LogP contribution in [0.1, 0.15) is 5.56 Å². The van der Waals surface area contributed by atoms with Crippen molar-refractivity contribution in [2.24, 2.45) is 5.10 Å². The molecule has 0 saturated heterocycles. The van der Waals surface area contributed by atoms with Gasteiger partial charge in [0.1, 0.15) is 0 Å². The Bertz CT molecular complexity index is 993. The SMILES string of the molecule is C(=NNc1nc(-c2ccccc2)cs1)c1ccc(-c2ccccn2)cc1. The molecule has 5 heteroatoms. The number of hydrazone groups is 1. The predicted octanol–water partition coefficient (Wildman–Crippen LogP) is 5.32. The van der Waals surface area contributed by atoms with Crippen LogP contribution in [0.15, 0.2) is 89.5 Å². The Labute approximate surface area is 155 Å². The number of rotatable bonds is 5. The van der Waals surface area contributed by atoms with Crippen molar-refractivity contribution in [3.63, 3.8) is 0 Å². The quantitative estimate of drug-likeness (QED) is 0.389. The van der Waals surface area contributed by atoms with Gasteiger partial charge >= 0.3 is 0 Å². The number of pyridine rings is 1. The number of nitrogens with one attached hydrogen (secondary N) is 1. The average molecular weight is 356 g/mol. The molecule has 2 aromatic heterocycles. The summed E-state index contributed by atoms with van der Waals surface area (Å²) in [6.07, 6.45) is 3.58. The van der Waals surface area contributed by atoms with E-state index in [0.717, 1.165) is 33.2 Å². The zero-order valence-corrected chi connectivity index (χ0v) is 14.7. The fourth-order valence-electron chi connectivity index (χ4n) is 2.50. The summed E-state index contributed by atoms with van der Waals surface area (Å²) in [7, 11) is 0. The molecule has 0 radical (unpaired) electrons. The number of nitrogens with zero attached hydrogens (tertiary/aromatic N) is 3. The minimum Gasteiger partial charge on any atom is -0.256 e. The van der Waals surface area contributed by atoms with Gasteiger partial charge in [0.05, 0.1) is 17.6 Å². The first-order valence-corrected chi connectivity index (χ1v) is 9.08. The van der Waals surface area contributed by atoms with E-state index in [1.165, 1.54) is 11.3 Å². The van der Waals surface area contributed by atoms with Crippen molar-refractivity contribution < 1.29 is 0 Å². The highest BCUT2D eigenvalue weighted by Gasteiger charge is 2.03. The summed E-state index contributed by atoms with van der Waals surface area (Å²) in [6, 6.07) is 24.1. The lowest BCUT2D eigenvalue weighted by Gasteiger charge is -2.00. The van der Waals surface area contributed by atoms with Gasteiger partial charge in [0.2, 0.25) is 5.13 Å². The number of aromatic nitrogens is 2. The number of benzene rings is 2. The van der Waals surface area contributed by atoms with E-state index in [4.69, 9.17) is 0 Å². The fourth-order valence-corrected chi connectivity index (χ4v) is 3.17. The van der Waals surface area contributed by atoms with Crippen molar-refractivity contribution in [1.82, 2.24) is 9.97 Å². The molecule has 0 fully saturated rings. The molecule has 126 valence electrons. The van der Waals surface area contributed by atoms with Crippen LogP contribution in [0.5, 0.6) is 0 Å². The highest BCUT2D eigenvalue weighted by atomic mass is 32.1. The molecule has 0 aliphatic carbocycles. The second kappa shape index (κ2) is 7.72. The molecule has 0 atom stereocenters. The molecule has 0 spiro atoms. The molecule has 0 aliphatic rings. The molecule has 2 aromatic carbocycles. The molecule has 0 aliphatic heterocycles. The van der Waals surface area contributed by atoms with E-state index in [2.05, 4.69) is 20.5 Å². The Morgan fingerprint density at radius 3 is 2.35 bits per heavy atom. The van der Waals surface area contributed by atoms with Crippen LogP contribution in [0.4, 0.5) is 5.13 Å². The van der Waals surface area contributed by atoms with Crippen LogP contribution >= 0.6 is 11.3 Å². The van der Waals surface area contributed by atoms with Gasteiger partial charge in [-0.2, -0.15) is 5.10 Å². The zero-order chi connectivity index (χ0) is 17.6. The van der Waals surface area contributed by atoms with Crippen molar-refractivity contribution in [1.29, 1.82) is 0 Å². The second-order valence-electron chi connectivity index (χ2n) is 5.61. The molecule has 4 aromatic rings. The van der Waals surface area contributed by atoms with Crippen molar-refractivity contribution in [2.75, 3.05) is 5.43 Å². The summed E-state index contributed by atoms with van der Waals surface area (Å²) in [5.41, 5.74) is 8.11. The number of hydrogen-bond acceptors (Lipinski definition) is 5. The number of thiazole rings is 1. The van der Waals surface area contributed by atoms with E-state index >= 15 is 0 Å². The van der Waals surface area contributed by atoms with Crippen molar-refractivity contribution in [3.05, 3.63) is 89.9 Å². The summed E-state index contributed by atoms with van der Waals surface area (Å²) in [5, 5.41) is 7.07. The first kappa shape index (κ1) is 16.2. The third kappa shape index (κ3) is 3.84. The smallest absolute Gasteiger partial charge is 0.203 e. The topological polar surface area (TPSA) is 50.2 Å². The van der Waals surface area contributed by atoms with Gasteiger partial charge in [0, 0.05) is 22.7 Å². The van der Waals surface area contributed by atoms with Gasteiger partial charge in [0.15, 0.2) is 0 Å². The Morgan fingerprint density at radius 1 is 0.808 bits per heavy atom. The van der Waals surface area contributed by atoms with Crippen LogP contribution in [0.3, 0.4) is 0 Å². The first-order valence-electron chi connectivity index (χ1n) is 8.20. The van der Waals surface area contributed by atoms with Gasteiger partial charge in [0.25, 0.3) is 0 Å². The lowest BCUT2D eigenvalue weighted by Crippen LogP contribution is -1.90. The van der Waals surface area contributed by atoms with Crippen molar-refractivity contribution in [2.45, 2.75) is 0 Å². The third-order valence-electron chi connectivity index (χ3n) is 3.82. The summed E-state index contributed by atoms with van der Waals surface area (Å²) < 4.78 is 0. The average Bonchev–Trinajstić information content (AvgIpc) is 3.19. The highest BCUT2D eigenvalue weighted by Crippen LogP contribution is 2.24. The summed E-state index contributed by atoms with van der Waals surface area (Å²) >= 11 is 1.54. The van der Waals surface area contributed by atoms with E-state index in [9.17, 15) is 0 Å². The Hall–Kier alpha value is -3.31.